The van der Waals surface area contributed by atoms with Crippen LogP contribution in [0.15, 0.2) is 54.9 Å². The summed E-state index contributed by atoms with van der Waals surface area (Å²) in [5.74, 6) is 0.379. The largest absolute Gasteiger partial charge is 0.484 e. The second-order valence-corrected chi connectivity index (χ2v) is 5.38. The molecule has 0 unspecified atom stereocenters. The van der Waals surface area contributed by atoms with Crippen LogP contribution in [-0.4, -0.2) is 32.7 Å². The van der Waals surface area contributed by atoms with Crippen LogP contribution in [0, 0.1) is 0 Å². The van der Waals surface area contributed by atoms with Gasteiger partial charge in [-0.3, -0.25) is 4.79 Å². The molecule has 3 aromatic rings. The Morgan fingerprint density at radius 1 is 1.21 bits per heavy atom. The monoisotopic (exact) mass is 343 g/mol. The molecule has 3 rings (SSSR count). The molecule has 0 bridgehead atoms. The van der Waals surface area contributed by atoms with Gasteiger partial charge in [-0.2, -0.15) is 0 Å². The van der Waals surface area contributed by atoms with Crippen molar-refractivity contribution in [3.8, 4) is 11.4 Å². The molecule has 0 atom stereocenters. The number of tetrazole rings is 1. The van der Waals surface area contributed by atoms with E-state index in [0.717, 1.165) is 11.3 Å². The van der Waals surface area contributed by atoms with E-state index in [1.807, 2.05) is 12.1 Å². The Bertz CT molecular complexity index is 806. The van der Waals surface area contributed by atoms with Gasteiger partial charge in [0.05, 0.1) is 5.69 Å². The topological polar surface area (TPSA) is 81.9 Å². The number of hydrogen-bond donors (Lipinski definition) is 1. The summed E-state index contributed by atoms with van der Waals surface area (Å²) >= 11 is 5.90. The van der Waals surface area contributed by atoms with Gasteiger partial charge in [-0.15, -0.1) is 5.10 Å². The lowest BCUT2D eigenvalue weighted by Gasteiger charge is -2.08. The number of nitrogens with zero attached hydrogens (tertiary/aromatic N) is 4. The fraction of sp³-hybridized carbons (Fsp3) is 0.125. The molecule has 122 valence electrons. The van der Waals surface area contributed by atoms with E-state index in [9.17, 15) is 4.79 Å². The van der Waals surface area contributed by atoms with E-state index in [-0.39, 0.29) is 12.5 Å². The van der Waals surface area contributed by atoms with Crippen molar-refractivity contribution >= 4 is 17.5 Å². The van der Waals surface area contributed by atoms with Crippen LogP contribution in [0.25, 0.3) is 5.69 Å². The van der Waals surface area contributed by atoms with E-state index in [1.54, 1.807) is 36.4 Å². The summed E-state index contributed by atoms with van der Waals surface area (Å²) in [5.41, 5.74) is 1.74. The summed E-state index contributed by atoms with van der Waals surface area (Å²) in [6, 6.07) is 14.4. The van der Waals surface area contributed by atoms with Crippen LogP contribution < -0.4 is 10.1 Å². The van der Waals surface area contributed by atoms with Crippen molar-refractivity contribution in [1.29, 1.82) is 0 Å². The molecule has 1 N–H and O–H groups in total. The molecule has 0 aliphatic carbocycles. The zero-order chi connectivity index (χ0) is 16.8. The third kappa shape index (κ3) is 4.30. The van der Waals surface area contributed by atoms with Crippen LogP contribution in [0.4, 0.5) is 0 Å². The van der Waals surface area contributed by atoms with Crippen molar-refractivity contribution in [2.45, 2.75) is 6.54 Å². The molecule has 1 amide bonds. The lowest BCUT2D eigenvalue weighted by molar-refractivity contribution is -0.123. The molecule has 0 fully saturated rings. The standard InChI is InChI=1S/C16H14ClN5O2/c17-13-3-1-2-12(8-13)9-18-16(23)10-24-15-6-4-14(5-7-15)22-11-19-20-21-22/h1-8,11H,9-10H2,(H,18,23). The maximum Gasteiger partial charge on any atom is 0.258 e. The van der Waals surface area contributed by atoms with Crippen LogP contribution in [0.5, 0.6) is 5.75 Å². The van der Waals surface area contributed by atoms with Gasteiger partial charge in [0.2, 0.25) is 0 Å². The predicted molar refractivity (Wildman–Crippen MR) is 87.9 cm³/mol. The molecular weight excluding hydrogens is 330 g/mol. The average molecular weight is 344 g/mol. The summed E-state index contributed by atoms with van der Waals surface area (Å²) in [5, 5.41) is 14.4. The van der Waals surface area contributed by atoms with Gasteiger partial charge in [0, 0.05) is 11.6 Å². The minimum atomic E-state index is -0.209. The first-order valence-electron chi connectivity index (χ1n) is 7.18. The van der Waals surface area contributed by atoms with Crippen LogP contribution in [0.2, 0.25) is 5.02 Å². The van der Waals surface area contributed by atoms with Crippen molar-refractivity contribution in [2.24, 2.45) is 0 Å². The number of amides is 1. The highest BCUT2D eigenvalue weighted by Gasteiger charge is 2.04. The van der Waals surface area contributed by atoms with Crippen LogP contribution in [0.3, 0.4) is 0 Å². The van der Waals surface area contributed by atoms with Gasteiger partial charge in [0.15, 0.2) is 6.61 Å². The molecule has 0 saturated heterocycles. The highest BCUT2D eigenvalue weighted by atomic mass is 35.5. The molecule has 0 saturated carbocycles. The lowest BCUT2D eigenvalue weighted by atomic mass is 10.2. The van der Waals surface area contributed by atoms with Crippen LogP contribution in [0.1, 0.15) is 5.56 Å². The maximum absolute atomic E-state index is 11.8. The number of aromatic nitrogens is 4. The molecule has 24 heavy (non-hydrogen) atoms. The number of carbonyl (C=O) groups is 1. The Balaban J connectivity index is 1.47. The first-order valence-corrected chi connectivity index (χ1v) is 7.56. The lowest BCUT2D eigenvalue weighted by Crippen LogP contribution is -2.28. The minimum Gasteiger partial charge on any atom is -0.484 e. The third-order valence-corrected chi connectivity index (χ3v) is 3.43. The molecule has 0 aliphatic rings. The van der Waals surface area contributed by atoms with Gasteiger partial charge < -0.3 is 10.1 Å². The SMILES string of the molecule is O=C(COc1ccc(-n2cnnn2)cc1)NCc1cccc(Cl)c1. The van der Waals surface area contributed by atoms with E-state index >= 15 is 0 Å². The second kappa shape index (κ2) is 7.56. The summed E-state index contributed by atoms with van der Waals surface area (Å²) in [4.78, 5) is 11.8. The predicted octanol–water partition coefficient (Wildman–Crippen LogP) is 2.01. The molecule has 1 aromatic heterocycles. The molecule has 2 aromatic carbocycles. The van der Waals surface area contributed by atoms with Crippen molar-refractivity contribution < 1.29 is 9.53 Å². The maximum atomic E-state index is 11.8. The van der Waals surface area contributed by atoms with Gasteiger partial charge in [-0.05, 0) is 52.4 Å². The van der Waals surface area contributed by atoms with E-state index in [4.69, 9.17) is 16.3 Å². The molecule has 0 spiro atoms. The van der Waals surface area contributed by atoms with E-state index in [2.05, 4.69) is 20.8 Å². The zero-order valence-electron chi connectivity index (χ0n) is 12.6. The molecule has 0 aliphatic heterocycles. The van der Waals surface area contributed by atoms with Crippen molar-refractivity contribution in [2.75, 3.05) is 6.61 Å². The van der Waals surface area contributed by atoms with Crippen LogP contribution in [-0.2, 0) is 11.3 Å². The van der Waals surface area contributed by atoms with Crippen molar-refractivity contribution in [1.82, 2.24) is 25.5 Å². The molecular formula is C16H14ClN5O2. The van der Waals surface area contributed by atoms with Gasteiger partial charge in [-0.1, -0.05) is 23.7 Å². The van der Waals surface area contributed by atoms with E-state index in [0.29, 0.717) is 17.3 Å². The number of halogens is 1. The van der Waals surface area contributed by atoms with E-state index < -0.39 is 0 Å². The number of hydrogen-bond acceptors (Lipinski definition) is 5. The summed E-state index contributed by atoms with van der Waals surface area (Å²) in [6.07, 6.45) is 1.50. The minimum absolute atomic E-state index is 0.0647. The van der Waals surface area contributed by atoms with Crippen molar-refractivity contribution in [3.05, 3.63) is 65.4 Å². The van der Waals surface area contributed by atoms with Gasteiger partial charge >= 0.3 is 0 Å². The molecule has 0 radical (unpaired) electrons. The fourth-order valence-electron chi connectivity index (χ4n) is 2.02. The number of rotatable bonds is 6. The Labute approximate surface area is 143 Å². The smallest absolute Gasteiger partial charge is 0.258 e. The average Bonchev–Trinajstić information content (AvgIpc) is 3.13. The van der Waals surface area contributed by atoms with Gasteiger partial charge in [-0.25, -0.2) is 4.68 Å². The summed E-state index contributed by atoms with van der Waals surface area (Å²) in [7, 11) is 0. The summed E-state index contributed by atoms with van der Waals surface area (Å²) < 4.78 is 6.98. The molecule has 1 heterocycles. The van der Waals surface area contributed by atoms with Gasteiger partial charge in [0.1, 0.15) is 12.1 Å². The summed E-state index contributed by atoms with van der Waals surface area (Å²) in [6.45, 7) is 0.339. The zero-order valence-corrected chi connectivity index (χ0v) is 13.3. The fourth-order valence-corrected chi connectivity index (χ4v) is 2.24. The normalized spacial score (nSPS) is 10.4. The molecule has 8 heteroatoms. The first kappa shape index (κ1) is 15.9. The molecule has 7 nitrogen and oxygen atoms in total. The van der Waals surface area contributed by atoms with E-state index in [1.165, 1.54) is 11.0 Å². The number of nitrogens with one attached hydrogen (secondary N) is 1. The van der Waals surface area contributed by atoms with Gasteiger partial charge in [0.25, 0.3) is 5.91 Å². The highest BCUT2D eigenvalue weighted by molar-refractivity contribution is 6.30. The number of ether oxygens (including phenoxy) is 1. The Morgan fingerprint density at radius 2 is 2.04 bits per heavy atom. The third-order valence-electron chi connectivity index (χ3n) is 3.20. The highest BCUT2D eigenvalue weighted by Crippen LogP contribution is 2.14. The first-order chi connectivity index (χ1) is 11.7. The quantitative estimate of drug-likeness (QED) is 0.740. The Kier molecular flexibility index (Phi) is 5.02. The number of benzene rings is 2. The number of carbonyl (C=O) groups excluding carboxylic acids is 1. The van der Waals surface area contributed by atoms with Crippen molar-refractivity contribution in [3.63, 3.8) is 0 Å². The van der Waals surface area contributed by atoms with Crippen LogP contribution >= 0.6 is 11.6 Å². The second-order valence-electron chi connectivity index (χ2n) is 4.94. The Hall–Kier alpha value is -2.93. The Morgan fingerprint density at radius 3 is 2.75 bits per heavy atom.